The van der Waals surface area contributed by atoms with Crippen molar-refractivity contribution in [1.82, 2.24) is 9.88 Å². The van der Waals surface area contributed by atoms with Crippen LogP contribution in [-0.2, 0) is 13.1 Å². The second-order valence-corrected chi connectivity index (χ2v) is 5.95. The van der Waals surface area contributed by atoms with Crippen LogP contribution in [0.2, 0.25) is 0 Å². The van der Waals surface area contributed by atoms with E-state index in [1.807, 2.05) is 0 Å². The van der Waals surface area contributed by atoms with Crippen molar-refractivity contribution in [1.29, 1.82) is 0 Å². The second-order valence-electron chi connectivity index (χ2n) is 4.04. The summed E-state index contributed by atoms with van der Waals surface area (Å²) < 4.78 is 3.48. The molecule has 2 aromatic rings. The van der Waals surface area contributed by atoms with Gasteiger partial charge in [0.05, 0.1) is 6.54 Å². The molecule has 92 valence electrons. The van der Waals surface area contributed by atoms with Crippen LogP contribution in [0.25, 0.3) is 0 Å². The third-order valence-electron chi connectivity index (χ3n) is 2.60. The molecule has 2 nitrogen and oxygen atoms in total. The predicted molar refractivity (Wildman–Crippen MR) is 77.6 cm³/mol. The zero-order chi connectivity index (χ0) is 12.1. The normalized spacial score (nSPS) is 10.9. The average Bonchev–Trinajstić information content (AvgIpc) is 2.90. The van der Waals surface area contributed by atoms with Gasteiger partial charge in [0, 0.05) is 33.2 Å². The van der Waals surface area contributed by atoms with Crippen LogP contribution in [0.1, 0.15) is 23.9 Å². The van der Waals surface area contributed by atoms with Gasteiger partial charge in [0.1, 0.15) is 0 Å². The summed E-state index contributed by atoms with van der Waals surface area (Å²) in [4.78, 5) is 1.38. The van der Waals surface area contributed by atoms with E-state index < -0.39 is 0 Å². The average molecular weight is 313 g/mol. The smallest absolute Gasteiger partial charge is 0.0567 e. The molecule has 0 fully saturated rings. The van der Waals surface area contributed by atoms with Crippen LogP contribution in [0.3, 0.4) is 0 Å². The van der Waals surface area contributed by atoms with Crippen molar-refractivity contribution in [2.24, 2.45) is 0 Å². The van der Waals surface area contributed by atoms with Gasteiger partial charge in [-0.2, -0.15) is 0 Å². The van der Waals surface area contributed by atoms with Gasteiger partial charge in [0.25, 0.3) is 0 Å². The lowest BCUT2D eigenvalue weighted by Crippen LogP contribution is -2.16. The molecule has 0 aliphatic rings. The first-order valence-electron chi connectivity index (χ1n) is 5.87. The van der Waals surface area contributed by atoms with Gasteiger partial charge < -0.3 is 9.88 Å². The van der Waals surface area contributed by atoms with Gasteiger partial charge in [-0.15, -0.1) is 11.3 Å². The van der Waals surface area contributed by atoms with Crippen LogP contribution in [0.15, 0.2) is 34.2 Å². The van der Waals surface area contributed by atoms with E-state index in [1.54, 1.807) is 11.3 Å². The first kappa shape index (κ1) is 12.9. The van der Waals surface area contributed by atoms with E-state index >= 15 is 0 Å². The van der Waals surface area contributed by atoms with Crippen LogP contribution in [0, 0.1) is 0 Å². The van der Waals surface area contributed by atoms with E-state index in [1.165, 1.54) is 21.5 Å². The fourth-order valence-corrected chi connectivity index (χ4v) is 3.21. The van der Waals surface area contributed by atoms with Gasteiger partial charge in [-0.1, -0.05) is 6.92 Å². The maximum absolute atomic E-state index is 3.49. The molecular formula is C13H17BrN2S. The Labute approximate surface area is 115 Å². The number of nitrogens with one attached hydrogen (secondary N) is 1. The Bertz CT molecular complexity index is 461. The summed E-state index contributed by atoms with van der Waals surface area (Å²) in [5.74, 6) is 0. The van der Waals surface area contributed by atoms with E-state index in [0.29, 0.717) is 0 Å². The minimum absolute atomic E-state index is 0.952. The van der Waals surface area contributed by atoms with E-state index in [-0.39, 0.29) is 0 Å². The molecular weight excluding hydrogens is 296 g/mol. The molecule has 0 saturated carbocycles. The lowest BCUT2D eigenvalue weighted by atomic mass is 10.4. The second kappa shape index (κ2) is 6.38. The van der Waals surface area contributed by atoms with Gasteiger partial charge in [-0.05, 0) is 47.1 Å². The first-order chi connectivity index (χ1) is 8.29. The SMILES string of the molecule is CCCNCc1cccn1Cc1cc(Br)cs1. The van der Waals surface area contributed by atoms with Crippen LogP contribution >= 0.6 is 27.3 Å². The molecule has 0 aliphatic carbocycles. The minimum atomic E-state index is 0.952. The molecule has 0 aliphatic heterocycles. The van der Waals surface area contributed by atoms with Gasteiger partial charge in [0.15, 0.2) is 0 Å². The van der Waals surface area contributed by atoms with Gasteiger partial charge in [0.2, 0.25) is 0 Å². The molecule has 4 heteroatoms. The predicted octanol–water partition coefficient (Wildman–Crippen LogP) is 3.86. The van der Waals surface area contributed by atoms with Gasteiger partial charge >= 0.3 is 0 Å². The van der Waals surface area contributed by atoms with Crippen molar-refractivity contribution in [3.8, 4) is 0 Å². The summed E-state index contributed by atoms with van der Waals surface area (Å²) in [6.45, 7) is 5.19. The van der Waals surface area contributed by atoms with Crippen molar-refractivity contribution in [2.75, 3.05) is 6.54 Å². The molecule has 0 bridgehead atoms. The highest BCUT2D eigenvalue weighted by Gasteiger charge is 2.03. The molecule has 2 heterocycles. The summed E-state index contributed by atoms with van der Waals surface area (Å²) in [6, 6.07) is 6.49. The number of nitrogens with zero attached hydrogens (tertiary/aromatic N) is 1. The van der Waals surface area contributed by atoms with Crippen LogP contribution < -0.4 is 5.32 Å². The molecule has 0 atom stereocenters. The highest BCUT2D eigenvalue weighted by Crippen LogP contribution is 2.21. The molecule has 0 radical (unpaired) electrons. The number of aromatic nitrogens is 1. The largest absolute Gasteiger partial charge is 0.345 e. The Balaban J connectivity index is 1.98. The standard InChI is InChI=1S/C13H17BrN2S/c1-2-5-15-8-12-4-3-6-16(12)9-13-7-11(14)10-17-13/h3-4,6-7,10,15H,2,5,8-9H2,1H3. The quantitative estimate of drug-likeness (QED) is 0.801. The van der Waals surface area contributed by atoms with E-state index in [9.17, 15) is 0 Å². The van der Waals surface area contributed by atoms with Crippen LogP contribution in [-0.4, -0.2) is 11.1 Å². The third kappa shape index (κ3) is 3.69. The van der Waals surface area contributed by atoms with Gasteiger partial charge in [-0.25, -0.2) is 0 Å². The summed E-state index contributed by atoms with van der Waals surface area (Å²) >= 11 is 5.29. The molecule has 0 aromatic carbocycles. The molecule has 2 rings (SSSR count). The summed E-state index contributed by atoms with van der Waals surface area (Å²) in [5, 5.41) is 5.57. The lowest BCUT2D eigenvalue weighted by molar-refractivity contribution is 0.632. The van der Waals surface area contributed by atoms with Crippen molar-refractivity contribution in [3.63, 3.8) is 0 Å². The van der Waals surface area contributed by atoms with Crippen molar-refractivity contribution in [2.45, 2.75) is 26.4 Å². The van der Waals surface area contributed by atoms with Gasteiger partial charge in [-0.3, -0.25) is 0 Å². The van der Waals surface area contributed by atoms with Crippen molar-refractivity contribution >= 4 is 27.3 Å². The maximum atomic E-state index is 3.49. The minimum Gasteiger partial charge on any atom is -0.345 e. The number of hydrogen-bond donors (Lipinski definition) is 1. The first-order valence-corrected chi connectivity index (χ1v) is 7.54. The fourth-order valence-electron chi connectivity index (χ4n) is 1.76. The molecule has 0 amide bonds. The number of rotatable bonds is 6. The molecule has 0 unspecified atom stereocenters. The Morgan fingerprint density at radius 2 is 2.35 bits per heavy atom. The highest BCUT2D eigenvalue weighted by atomic mass is 79.9. The fraction of sp³-hybridized carbons (Fsp3) is 0.385. The molecule has 0 spiro atoms. The van der Waals surface area contributed by atoms with E-state index in [2.05, 4.69) is 62.5 Å². The molecule has 2 aromatic heterocycles. The topological polar surface area (TPSA) is 17.0 Å². The molecule has 17 heavy (non-hydrogen) atoms. The van der Waals surface area contributed by atoms with Crippen LogP contribution in [0.5, 0.6) is 0 Å². The Morgan fingerprint density at radius 1 is 1.47 bits per heavy atom. The zero-order valence-corrected chi connectivity index (χ0v) is 12.4. The highest BCUT2D eigenvalue weighted by molar-refractivity contribution is 9.10. The van der Waals surface area contributed by atoms with Crippen LogP contribution in [0.4, 0.5) is 0 Å². The van der Waals surface area contributed by atoms with Crippen molar-refractivity contribution < 1.29 is 0 Å². The number of halogens is 1. The third-order valence-corrected chi connectivity index (χ3v) is 4.29. The number of thiophene rings is 1. The summed E-state index contributed by atoms with van der Waals surface area (Å²) in [5.41, 5.74) is 1.35. The number of hydrogen-bond acceptors (Lipinski definition) is 2. The summed E-state index contributed by atoms with van der Waals surface area (Å²) in [6.07, 6.45) is 3.33. The van der Waals surface area contributed by atoms with Crippen molar-refractivity contribution in [3.05, 3.63) is 44.8 Å². The molecule has 1 N–H and O–H groups in total. The Kier molecular flexibility index (Phi) is 4.83. The monoisotopic (exact) mass is 312 g/mol. The lowest BCUT2D eigenvalue weighted by Gasteiger charge is -2.08. The van der Waals surface area contributed by atoms with E-state index in [4.69, 9.17) is 0 Å². The zero-order valence-electron chi connectivity index (χ0n) is 9.95. The Hall–Kier alpha value is -0.580. The van der Waals surface area contributed by atoms with E-state index in [0.717, 1.165) is 19.6 Å². The summed E-state index contributed by atoms with van der Waals surface area (Å²) in [7, 11) is 0. The molecule has 0 saturated heterocycles. The maximum Gasteiger partial charge on any atom is 0.0567 e. The Morgan fingerprint density at radius 3 is 3.06 bits per heavy atom.